The summed E-state index contributed by atoms with van der Waals surface area (Å²) in [5.41, 5.74) is 4.92. The molecule has 0 spiro atoms. The molecule has 33 heavy (non-hydrogen) atoms. The Labute approximate surface area is 195 Å². The molecule has 1 saturated heterocycles. The minimum Gasteiger partial charge on any atom is -0.325 e. The average Bonchev–Trinajstić information content (AvgIpc) is 3.18. The van der Waals surface area contributed by atoms with Crippen LogP contribution in [0.15, 0.2) is 59.5 Å². The van der Waals surface area contributed by atoms with E-state index in [4.69, 9.17) is 0 Å². The second-order valence-electron chi connectivity index (χ2n) is 7.82. The third-order valence-electron chi connectivity index (χ3n) is 5.32. The third kappa shape index (κ3) is 4.75. The fourth-order valence-electron chi connectivity index (χ4n) is 3.77. The first-order valence-electron chi connectivity index (χ1n) is 10.3. The summed E-state index contributed by atoms with van der Waals surface area (Å²) in [5.74, 6) is -1.27. The Morgan fingerprint density at radius 1 is 1.06 bits per heavy atom. The number of aromatic nitrogens is 1. The number of aryl methyl sites for hydroxylation is 2. The number of rotatable bonds is 5. The maximum Gasteiger partial charge on any atom is 0.294 e. The Bertz CT molecular complexity index is 1290. The van der Waals surface area contributed by atoms with Gasteiger partial charge in [-0.15, -0.1) is 0 Å². The highest BCUT2D eigenvalue weighted by molar-refractivity contribution is 8.18. The van der Waals surface area contributed by atoms with Crippen molar-refractivity contribution < 1.29 is 18.8 Å². The Hall–Kier alpha value is -3.65. The molecule has 1 aliphatic rings. The van der Waals surface area contributed by atoms with Crippen LogP contribution in [0, 0.1) is 26.6 Å². The van der Waals surface area contributed by atoms with Crippen molar-refractivity contribution in [1.29, 1.82) is 0 Å². The highest BCUT2D eigenvalue weighted by Gasteiger charge is 2.36. The molecule has 0 unspecified atom stereocenters. The van der Waals surface area contributed by atoms with E-state index in [0.717, 1.165) is 44.9 Å². The lowest BCUT2D eigenvalue weighted by Crippen LogP contribution is -2.36. The summed E-state index contributed by atoms with van der Waals surface area (Å²) in [4.78, 5) is 38.9. The fraction of sp³-hybridized carbons (Fsp3) is 0.160. The van der Waals surface area contributed by atoms with Crippen LogP contribution < -0.4 is 5.32 Å². The average molecular weight is 464 g/mol. The molecule has 3 amide bonds. The Morgan fingerprint density at radius 2 is 1.79 bits per heavy atom. The lowest BCUT2D eigenvalue weighted by atomic mass is 10.2. The van der Waals surface area contributed by atoms with Gasteiger partial charge < -0.3 is 9.88 Å². The van der Waals surface area contributed by atoms with Crippen LogP contribution in [-0.2, 0) is 9.59 Å². The summed E-state index contributed by atoms with van der Waals surface area (Å²) in [7, 11) is 0. The number of hydrogen-bond acceptors (Lipinski definition) is 4. The topological polar surface area (TPSA) is 71.4 Å². The number of carbonyl (C=O) groups is 3. The number of nitrogens with one attached hydrogen (secondary N) is 1. The number of imide groups is 1. The zero-order valence-electron chi connectivity index (χ0n) is 18.4. The van der Waals surface area contributed by atoms with E-state index < -0.39 is 17.1 Å². The molecule has 0 bridgehead atoms. The van der Waals surface area contributed by atoms with Gasteiger partial charge in [0.1, 0.15) is 12.4 Å². The number of halogens is 1. The molecule has 0 aliphatic carbocycles. The van der Waals surface area contributed by atoms with Gasteiger partial charge in [-0.05, 0) is 92.2 Å². The Balaban J connectivity index is 1.53. The summed E-state index contributed by atoms with van der Waals surface area (Å²) in [6.07, 6.45) is 1.66. The number of nitrogens with zero attached hydrogens (tertiary/aromatic N) is 2. The highest BCUT2D eigenvalue weighted by Crippen LogP contribution is 2.33. The van der Waals surface area contributed by atoms with Gasteiger partial charge in [0.2, 0.25) is 5.91 Å². The molecule has 2 aromatic carbocycles. The van der Waals surface area contributed by atoms with Crippen molar-refractivity contribution in [1.82, 2.24) is 9.47 Å². The van der Waals surface area contributed by atoms with E-state index in [2.05, 4.69) is 5.32 Å². The molecule has 1 fully saturated rings. The normalized spacial score (nSPS) is 14.9. The largest absolute Gasteiger partial charge is 0.325 e. The van der Waals surface area contributed by atoms with Crippen molar-refractivity contribution >= 4 is 40.6 Å². The lowest BCUT2D eigenvalue weighted by Gasteiger charge is -2.12. The van der Waals surface area contributed by atoms with E-state index >= 15 is 0 Å². The van der Waals surface area contributed by atoms with Crippen molar-refractivity contribution in [3.8, 4) is 5.69 Å². The molecule has 2 heterocycles. The van der Waals surface area contributed by atoms with Crippen LogP contribution in [0.25, 0.3) is 11.8 Å². The molecule has 8 heteroatoms. The number of amides is 3. The molecule has 3 aromatic rings. The first-order chi connectivity index (χ1) is 15.7. The van der Waals surface area contributed by atoms with Crippen LogP contribution >= 0.6 is 11.8 Å². The second-order valence-corrected chi connectivity index (χ2v) is 8.82. The van der Waals surface area contributed by atoms with Crippen LogP contribution in [0.4, 0.5) is 14.9 Å². The molecule has 0 atom stereocenters. The van der Waals surface area contributed by atoms with Crippen molar-refractivity contribution in [2.24, 2.45) is 0 Å². The maximum atomic E-state index is 13.3. The van der Waals surface area contributed by atoms with Gasteiger partial charge in [0.05, 0.1) is 4.91 Å². The Kier molecular flexibility index (Phi) is 6.20. The predicted octanol–water partition coefficient (Wildman–Crippen LogP) is 5.22. The first-order valence-corrected chi connectivity index (χ1v) is 11.1. The van der Waals surface area contributed by atoms with Crippen LogP contribution in [0.3, 0.4) is 0 Å². The molecule has 168 valence electrons. The summed E-state index contributed by atoms with van der Waals surface area (Å²) in [5, 5.41) is 2.23. The van der Waals surface area contributed by atoms with Crippen molar-refractivity contribution in [3.63, 3.8) is 0 Å². The van der Waals surface area contributed by atoms with Crippen molar-refractivity contribution in [2.45, 2.75) is 20.8 Å². The standard InChI is InChI=1S/C25H22FN3O3S/c1-15-5-4-6-20(11-15)27-23(30)14-28-24(31)22(33-25(28)32)13-18-12-16(2)29(17(18)3)21-9-7-19(26)8-10-21/h4-13H,14H2,1-3H3,(H,27,30). The number of thioether (sulfide) groups is 1. The zero-order valence-corrected chi connectivity index (χ0v) is 19.2. The summed E-state index contributed by atoms with van der Waals surface area (Å²) in [6.45, 7) is 5.35. The SMILES string of the molecule is Cc1cccc(NC(=O)CN2C(=O)SC(=Cc3cc(C)n(-c4ccc(F)cc4)c3C)C2=O)c1. The quantitative estimate of drug-likeness (QED) is 0.527. The summed E-state index contributed by atoms with van der Waals surface area (Å²) >= 11 is 0.809. The van der Waals surface area contributed by atoms with Crippen LogP contribution in [0.1, 0.15) is 22.5 Å². The van der Waals surface area contributed by atoms with E-state index in [1.54, 1.807) is 24.3 Å². The van der Waals surface area contributed by atoms with Crippen LogP contribution in [0.5, 0.6) is 0 Å². The van der Waals surface area contributed by atoms with E-state index in [1.807, 2.05) is 49.6 Å². The van der Waals surface area contributed by atoms with Crippen molar-refractivity contribution in [3.05, 3.63) is 87.8 Å². The van der Waals surface area contributed by atoms with Crippen LogP contribution in [-0.4, -0.2) is 33.1 Å². The van der Waals surface area contributed by atoms with Gasteiger partial charge in [-0.1, -0.05) is 12.1 Å². The number of benzene rings is 2. The first kappa shape index (κ1) is 22.5. The molecular weight excluding hydrogens is 441 g/mol. The molecular formula is C25H22FN3O3S. The van der Waals surface area contributed by atoms with Gasteiger partial charge in [-0.3, -0.25) is 19.3 Å². The minimum absolute atomic E-state index is 0.253. The number of carbonyl (C=O) groups excluding carboxylic acids is 3. The monoisotopic (exact) mass is 463 g/mol. The van der Waals surface area contributed by atoms with E-state index in [0.29, 0.717) is 5.69 Å². The smallest absolute Gasteiger partial charge is 0.294 e. The molecule has 1 N–H and O–H groups in total. The molecule has 1 aliphatic heterocycles. The summed E-state index contributed by atoms with van der Waals surface area (Å²) < 4.78 is 15.3. The molecule has 4 rings (SSSR count). The molecule has 0 saturated carbocycles. The Morgan fingerprint density at radius 3 is 2.48 bits per heavy atom. The molecule has 6 nitrogen and oxygen atoms in total. The number of hydrogen-bond donors (Lipinski definition) is 1. The zero-order chi connectivity index (χ0) is 23.7. The van der Waals surface area contributed by atoms with E-state index in [9.17, 15) is 18.8 Å². The van der Waals surface area contributed by atoms with Crippen molar-refractivity contribution in [2.75, 3.05) is 11.9 Å². The molecule has 1 aromatic heterocycles. The highest BCUT2D eigenvalue weighted by atomic mass is 32.2. The fourth-order valence-corrected chi connectivity index (χ4v) is 4.59. The van der Waals surface area contributed by atoms with Crippen LogP contribution in [0.2, 0.25) is 0 Å². The van der Waals surface area contributed by atoms with E-state index in [1.165, 1.54) is 12.1 Å². The lowest BCUT2D eigenvalue weighted by molar-refractivity contribution is -0.127. The van der Waals surface area contributed by atoms with Gasteiger partial charge in [0, 0.05) is 22.8 Å². The van der Waals surface area contributed by atoms with Gasteiger partial charge in [0.25, 0.3) is 11.1 Å². The van der Waals surface area contributed by atoms with Gasteiger partial charge in [0.15, 0.2) is 0 Å². The maximum absolute atomic E-state index is 13.3. The van der Waals surface area contributed by atoms with Gasteiger partial charge in [-0.25, -0.2) is 4.39 Å². The minimum atomic E-state index is -0.504. The predicted molar refractivity (Wildman–Crippen MR) is 128 cm³/mol. The summed E-state index contributed by atoms with van der Waals surface area (Å²) in [6, 6.07) is 15.3. The van der Waals surface area contributed by atoms with E-state index in [-0.39, 0.29) is 17.3 Å². The number of anilines is 1. The van der Waals surface area contributed by atoms with Gasteiger partial charge >= 0.3 is 0 Å². The van der Waals surface area contributed by atoms with Gasteiger partial charge in [-0.2, -0.15) is 0 Å². The third-order valence-corrected chi connectivity index (χ3v) is 6.23. The second kappa shape index (κ2) is 9.07. The molecule has 0 radical (unpaired) electrons.